The van der Waals surface area contributed by atoms with E-state index in [0.29, 0.717) is 46.9 Å². The van der Waals surface area contributed by atoms with E-state index in [-0.39, 0.29) is 6.04 Å². The molecule has 3 atom stereocenters. The lowest BCUT2D eigenvalue weighted by Crippen LogP contribution is -2.36. The Labute approximate surface area is 204 Å². The summed E-state index contributed by atoms with van der Waals surface area (Å²) in [6.07, 6.45) is 1.18. The molecule has 5 rings (SSSR count). The molecule has 0 unspecified atom stereocenters. The van der Waals surface area contributed by atoms with Gasteiger partial charge in [-0.3, -0.25) is 5.10 Å². The number of carbonyl (C=O) groups is 1. The number of amides is 1. The predicted octanol–water partition coefficient (Wildman–Crippen LogP) is 4.86. The van der Waals surface area contributed by atoms with E-state index in [1.54, 1.807) is 32.2 Å². The Morgan fingerprint density at radius 1 is 1.17 bits per heavy atom. The number of hydrogen-bond acceptors (Lipinski definition) is 6. The molecule has 1 saturated carbocycles. The highest BCUT2D eigenvalue weighted by molar-refractivity contribution is 5.77. The molecule has 0 radical (unpaired) electrons. The zero-order chi connectivity index (χ0) is 25.4. The van der Waals surface area contributed by atoms with Gasteiger partial charge < -0.3 is 15.4 Å². The first-order chi connectivity index (χ1) is 17.3. The van der Waals surface area contributed by atoms with Gasteiger partial charge in [0.15, 0.2) is 11.6 Å². The molecule has 3 aromatic heterocycles. The second-order valence-electron chi connectivity index (χ2n) is 9.00. The van der Waals surface area contributed by atoms with Gasteiger partial charge in [-0.15, -0.1) is 0 Å². The normalized spacial score (nSPS) is 19.7. The van der Waals surface area contributed by atoms with Crippen LogP contribution in [-0.4, -0.2) is 49.2 Å². The van der Waals surface area contributed by atoms with E-state index in [0.717, 1.165) is 6.07 Å². The van der Waals surface area contributed by atoms with Gasteiger partial charge in [0, 0.05) is 47.7 Å². The molecule has 0 bridgehead atoms. The number of hydrogen-bond donors (Lipinski definition) is 3. The summed E-state index contributed by atoms with van der Waals surface area (Å²) in [5.41, 5.74) is 1.77. The smallest absolute Gasteiger partial charge is 0.407 e. The maximum absolute atomic E-state index is 15.1. The number of nitrogens with zero attached hydrogens (tertiary/aromatic N) is 4. The lowest BCUT2D eigenvalue weighted by molar-refractivity contribution is 0.0555. The number of anilines is 2. The standard InChI is InChI=1S/C24H24F3N7O2/c1-12(2)29-24(35)36-20-4-3-16(22(20)27)18-11-21(32-31-18)30-23-19-10-17(33-34(19)6-5-28-23)13-7-14(25)9-15(26)8-13/h5-12,16,20,22H,3-4H2,1-2H3,(H,29,35)(H2,28,30,31,32)/t16-,20-,22+/m0/s1. The number of aromatic amines is 1. The second kappa shape index (κ2) is 9.51. The molecule has 9 nitrogen and oxygen atoms in total. The van der Waals surface area contributed by atoms with Crippen molar-refractivity contribution in [3.05, 3.63) is 60.1 Å². The van der Waals surface area contributed by atoms with E-state index in [1.807, 2.05) is 0 Å². The summed E-state index contributed by atoms with van der Waals surface area (Å²) in [4.78, 5) is 16.2. The van der Waals surface area contributed by atoms with Crippen LogP contribution in [0.4, 0.5) is 29.6 Å². The van der Waals surface area contributed by atoms with Gasteiger partial charge in [0.05, 0.1) is 5.69 Å². The van der Waals surface area contributed by atoms with Crippen molar-refractivity contribution in [1.82, 2.24) is 30.1 Å². The number of ether oxygens (including phenoxy) is 1. The number of benzene rings is 1. The SMILES string of the molecule is CC(C)NC(=O)O[C@H]1CC[C@@H](c2cc(Nc3nccn4nc(-c5cc(F)cc(F)c5)cc34)n[nH]2)[C@H]1F. The van der Waals surface area contributed by atoms with Crippen molar-refractivity contribution in [2.75, 3.05) is 5.32 Å². The number of nitrogens with one attached hydrogen (secondary N) is 3. The minimum atomic E-state index is -1.37. The number of carbonyl (C=O) groups excluding carboxylic acids is 1. The fourth-order valence-corrected chi connectivity index (χ4v) is 4.35. The van der Waals surface area contributed by atoms with Crippen LogP contribution in [0.25, 0.3) is 16.8 Å². The molecule has 36 heavy (non-hydrogen) atoms. The fourth-order valence-electron chi connectivity index (χ4n) is 4.35. The Balaban J connectivity index is 1.32. The van der Waals surface area contributed by atoms with Crippen molar-refractivity contribution >= 4 is 23.2 Å². The van der Waals surface area contributed by atoms with Crippen LogP contribution < -0.4 is 10.6 Å². The highest BCUT2D eigenvalue weighted by atomic mass is 19.1. The molecule has 1 aliphatic rings. The Hall–Kier alpha value is -4.09. The third-order valence-corrected chi connectivity index (χ3v) is 5.96. The number of rotatable bonds is 6. The van der Waals surface area contributed by atoms with Gasteiger partial charge in [-0.2, -0.15) is 10.2 Å². The van der Waals surface area contributed by atoms with E-state index in [1.165, 1.54) is 22.8 Å². The van der Waals surface area contributed by atoms with Gasteiger partial charge in [-0.05, 0) is 44.9 Å². The number of fused-ring (bicyclic) bond motifs is 1. The minimum absolute atomic E-state index is 0.103. The minimum Gasteiger partial charge on any atom is -0.443 e. The third kappa shape index (κ3) is 4.83. The molecule has 4 aromatic rings. The molecule has 1 aromatic carbocycles. The van der Waals surface area contributed by atoms with Gasteiger partial charge in [0.2, 0.25) is 0 Å². The predicted molar refractivity (Wildman–Crippen MR) is 126 cm³/mol. The van der Waals surface area contributed by atoms with Crippen LogP contribution in [0, 0.1) is 11.6 Å². The van der Waals surface area contributed by atoms with Gasteiger partial charge in [0.1, 0.15) is 29.4 Å². The van der Waals surface area contributed by atoms with E-state index >= 15 is 4.39 Å². The first-order valence-electron chi connectivity index (χ1n) is 11.5. The van der Waals surface area contributed by atoms with Crippen molar-refractivity contribution in [2.24, 2.45) is 0 Å². The van der Waals surface area contributed by atoms with Crippen molar-refractivity contribution < 1.29 is 22.7 Å². The molecular formula is C24H24F3N7O2. The molecule has 0 spiro atoms. The average molecular weight is 499 g/mol. The van der Waals surface area contributed by atoms with Crippen molar-refractivity contribution in [2.45, 2.75) is 50.9 Å². The Morgan fingerprint density at radius 2 is 1.94 bits per heavy atom. The summed E-state index contributed by atoms with van der Waals surface area (Å²) in [5, 5.41) is 17.1. The second-order valence-corrected chi connectivity index (χ2v) is 9.00. The molecule has 1 amide bonds. The summed E-state index contributed by atoms with van der Waals surface area (Å²) in [5.74, 6) is -1.10. The number of halogens is 3. The molecule has 188 valence electrons. The molecular weight excluding hydrogens is 475 g/mol. The van der Waals surface area contributed by atoms with Crippen molar-refractivity contribution in [3.63, 3.8) is 0 Å². The fraction of sp³-hybridized carbons (Fsp3) is 0.333. The molecule has 3 heterocycles. The van der Waals surface area contributed by atoms with Gasteiger partial charge >= 0.3 is 6.09 Å². The Morgan fingerprint density at radius 3 is 2.69 bits per heavy atom. The summed E-state index contributed by atoms with van der Waals surface area (Å²) < 4.78 is 49.2. The highest BCUT2D eigenvalue weighted by Crippen LogP contribution is 2.38. The number of aromatic nitrogens is 5. The van der Waals surface area contributed by atoms with Crippen LogP contribution in [0.5, 0.6) is 0 Å². The van der Waals surface area contributed by atoms with Gasteiger partial charge in [-0.25, -0.2) is 27.5 Å². The summed E-state index contributed by atoms with van der Waals surface area (Å²) >= 11 is 0. The molecule has 1 fully saturated rings. The van der Waals surface area contributed by atoms with E-state index < -0.39 is 35.9 Å². The van der Waals surface area contributed by atoms with Crippen LogP contribution in [-0.2, 0) is 4.74 Å². The maximum atomic E-state index is 15.1. The number of alkyl halides is 1. The topological polar surface area (TPSA) is 109 Å². The van der Waals surface area contributed by atoms with Crippen LogP contribution in [0.15, 0.2) is 42.7 Å². The van der Waals surface area contributed by atoms with Crippen LogP contribution in [0.3, 0.4) is 0 Å². The molecule has 12 heteroatoms. The highest BCUT2D eigenvalue weighted by Gasteiger charge is 2.40. The summed E-state index contributed by atoms with van der Waals surface area (Å²) in [6.45, 7) is 3.60. The van der Waals surface area contributed by atoms with Crippen LogP contribution >= 0.6 is 0 Å². The Kier molecular flexibility index (Phi) is 6.25. The lowest BCUT2D eigenvalue weighted by atomic mass is 10.0. The quantitative estimate of drug-likeness (QED) is 0.350. The van der Waals surface area contributed by atoms with Gasteiger partial charge in [-0.1, -0.05) is 0 Å². The maximum Gasteiger partial charge on any atom is 0.407 e. The summed E-state index contributed by atoms with van der Waals surface area (Å²) in [6, 6.07) is 6.42. The zero-order valence-electron chi connectivity index (χ0n) is 19.5. The first kappa shape index (κ1) is 23.6. The van der Waals surface area contributed by atoms with Crippen molar-refractivity contribution in [3.8, 4) is 11.3 Å². The largest absolute Gasteiger partial charge is 0.443 e. The van der Waals surface area contributed by atoms with Crippen LogP contribution in [0.2, 0.25) is 0 Å². The average Bonchev–Trinajstić information content (AvgIpc) is 3.52. The lowest BCUT2D eigenvalue weighted by Gasteiger charge is -2.18. The molecule has 0 saturated heterocycles. The number of H-pyrrole nitrogens is 1. The van der Waals surface area contributed by atoms with E-state index in [4.69, 9.17) is 4.74 Å². The Bertz CT molecular complexity index is 1380. The zero-order valence-corrected chi connectivity index (χ0v) is 19.5. The number of alkyl carbamates (subject to hydrolysis) is 1. The summed E-state index contributed by atoms with van der Waals surface area (Å²) in [7, 11) is 0. The van der Waals surface area contributed by atoms with Crippen LogP contribution in [0.1, 0.15) is 38.3 Å². The van der Waals surface area contributed by atoms with Gasteiger partial charge in [0.25, 0.3) is 0 Å². The van der Waals surface area contributed by atoms with E-state index in [9.17, 15) is 13.6 Å². The van der Waals surface area contributed by atoms with E-state index in [2.05, 4.69) is 30.9 Å². The third-order valence-electron chi connectivity index (χ3n) is 5.96. The molecule has 3 N–H and O–H groups in total. The molecule has 0 aliphatic heterocycles. The first-order valence-corrected chi connectivity index (χ1v) is 11.5. The van der Waals surface area contributed by atoms with Crippen molar-refractivity contribution in [1.29, 1.82) is 0 Å². The monoisotopic (exact) mass is 499 g/mol. The molecule has 1 aliphatic carbocycles.